The Kier molecular flexibility index (Phi) is 6.14. The number of oxime groups is 1. The zero-order chi connectivity index (χ0) is 24.6. The van der Waals surface area contributed by atoms with Gasteiger partial charge in [0.1, 0.15) is 0 Å². The van der Waals surface area contributed by atoms with E-state index in [0.717, 1.165) is 12.1 Å². The molecule has 0 aromatic heterocycles. The van der Waals surface area contributed by atoms with Crippen LogP contribution in [0.5, 0.6) is 0 Å². The first-order valence-corrected chi connectivity index (χ1v) is 9.31. The molecule has 3 rings (SSSR count). The number of aliphatic imine (C=N–C) groups is 1. The average Bonchev–Trinajstić information content (AvgIpc) is 3.20. The quantitative estimate of drug-likeness (QED) is 0.398. The van der Waals surface area contributed by atoms with E-state index in [1.165, 1.54) is 32.2 Å². The molecule has 1 atom stereocenters. The van der Waals surface area contributed by atoms with Crippen molar-refractivity contribution in [3.63, 3.8) is 0 Å². The van der Waals surface area contributed by atoms with E-state index in [2.05, 4.69) is 14.9 Å². The molecular formula is C21H17F6N3O3. The summed E-state index contributed by atoms with van der Waals surface area (Å²) in [5, 5.41) is 3.53. The number of amides is 1. The van der Waals surface area contributed by atoms with Crippen LogP contribution in [0.1, 0.15) is 39.0 Å². The number of alkyl halides is 6. The molecule has 2 aromatic carbocycles. The zero-order valence-corrected chi connectivity index (χ0v) is 17.2. The lowest BCUT2D eigenvalue weighted by molar-refractivity contribution is -0.276. The number of carbonyl (C=O) groups excluding carboxylic acids is 1. The number of rotatable bonds is 3. The highest BCUT2D eigenvalue weighted by molar-refractivity contribution is 6.05. The number of ether oxygens (including phenoxy) is 1. The molecule has 2 aromatic rings. The van der Waals surface area contributed by atoms with Crippen molar-refractivity contribution in [2.45, 2.75) is 31.3 Å². The predicted octanol–water partition coefficient (Wildman–Crippen LogP) is 4.70. The number of methoxy groups -OCH3 is 1. The van der Waals surface area contributed by atoms with Gasteiger partial charge in [0.05, 0.1) is 18.4 Å². The van der Waals surface area contributed by atoms with Crippen molar-refractivity contribution >= 4 is 17.6 Å². The van der Waals surface area contributed by atoms with E-state index < -0.39 is 41.4 Å². The number of nitrogens with two attached hydrogens (primary N) is 1. The van der Waals surface area contributed by atoms with Gasteiger partial charge in [-0.05, 0) is 42.3 Å². The number of benzene rings is 2. The smallest absolute Gasteiger partial charge is 0.435 e. The first-order valence-electron chi connectivity index (χ1n) is 9.31. The summed E-state index contributed by atoms with van der Waals surface area (Å²) in [6, 6.07) is 6.54. The predicted molar refractivity (Wildman–Crippen MR) is 106 cm³/mol. The van der Waals surface area contributed by atoms with Crippen molar-refractivity contribution in [3.05, 3.63) is 70.3 Å². The molecule has 0 fully saturated rings. The first kappa shape index (κ1) is 24.1. The third-order valence-corrected chi connectivity index (χ3v) is 5.05. The maximum Gasteiger partial charge on any atom is 0.435 e. The Bertz CT molecular complexity index is 1140. The van der Waals surface area contributed by atoms with Crippen LogP contribution in [0.2, 0.25) is 0 Å². The van der Waals surface area contributed by atoms with Crippen LogP contribution in [0, 0.1) is 6.92 Å². The third-order valence-electron chi connectivity index (χ3n) is 5.05. The highest BCUT2D eigenvalue weighted by Crippen LogP contribution is 2.49. The van der Waals surface area contributed by atoms with Gasteiger partial charge in [0.25, 0.3) is 17.5 Å². The van der Waals surface area contributed by atoms with Gasteiger partial charge in [0, 0.05) is 17.5 Å². The Labute approximate surface area is 183 Å². The SMILES string of the molecule is COC(N)=NC(=O)c1ccc(C2=NOC(c3cccc(C(F)(F)F)c3)(C(F)(F)F)C2)cc1C. The topological polar surface area (TPSA) is 86.3 Å². The normalized spacial score (nSPS) is 19.2. The van der Waals surface area contributed by atoms with Crippen LogP contribution < -0.4 is 5.73 Å². The molecule has 1 aliphatic heterocycles. The second-order valence-corrected chi connectivity index (χ2v) is 7.20. The minimum Gasteiger partial charge on any atom is -0.468 e. The van der Waals surface area contributed by atoms with Crippen molar-refractivity contribution in [3.8, 4) is 0 Å². The summed E-state index contributed by atoms with van der Waals surface area (Å²) < 4.78 is 86.0. The highest BCUT2D eigenvalue weighted by Gasteiger charge is 2.62. The van der Waals surface area contributed by atoms with E-state index in [1.807, 2.05) is 0 Å². The molecule has 6 nitrogen and oxygen atoms in total. The Hall–Kier alpha value is -3.57. The van der Waals surface area contributed by atoms with Crippen LogP contribution in [0.4, 0.5) is 26.3 Å². The van der Waals surface area contributed by atoms with E-state index in [0.29, 0.717) is 17.7 Å². The second-order valence-electron chi connectivity index (χ2n) is 7.20. The molecule has 1 amide bonds. The molecule has 12 heteroatoms. The van der Waals surface area contributed by atoms with Crippen molar-refractivity contribution in [1.29, 1.82) is 0 Å². The molecule has 0 saturated heterocycles. The minimum atomic E-state index is -5.07. The molecule has 0 saturated carbocycles. The van der Waals surface area contributed by atoms with Gasteiger partial charge in [-0.1, -0.05) is 23.4 Å². The fraction of sp³-hybridized carbons (Fsp3) is 0.286. The number of nitrogens with zero attached hydrogens (tertiary/aromatic N) is 2. The van der Waals surface area contributed by atoms with Crippen LogP contribution in [-0.2, 0) is 21.4 Å². The van der Waals surface area contributed by atoms with Gasteiger partial charge in [-0.15, -0.1) is 0 Å². The maximum absolute atomic E-state index is 14.1. The van der Waals surface area contributed by atoms with E-state index >= 15 is 0 Å². The molecule has 0 aliphatic carbocycles. The van der Waals surface area contributed by atoms with Gasteiger partial charge >= 0.3 is 12.4 Å². The fourth-order valence-electron chi connectivity index (χ4n) is 3.29. The van der Waals surface area contributed by atoms with Gasteiger partial charge in [-0.2, -0.15) is 31.3 Å². The van der Waals surface area contributed by atoms with Crippen LogP contribution in [-0.4, -0.2) is 30.9 Å². The summed E-state index contributed by atoms with van der Waals surface area (Å²) in [6.45, 7) is 1.52. The summed E-state index contributed by atoms with van der Waals surface area (Å²) >= 11 is 0. The number of halogens is 6. The van der Waals surface area contributed by atoms with E-state index in [1.54, 1.807) is 0 Å². The van der Waals surface area contributed by atoms with Crippen LogP contribution in [0.15, 0.2) is 52.6 Å². The Balaban J connectivity index is 1.96. The van der Waals surface area contributed by atoms with Gasteiger partial charge < -0.3 is 15.3 Å². The zero-order valence-electron chi connectivity index (χ0n) is 17.2. The summed E-state index contributed by atoms with van der Waals surface area (Å²) in [7, 11) is 1.22. The fourth-order valence-corrected chi connectivity index (χ4v) is 3.29. The van der Waals surface area contributed by atoms with E-state index in [9.17, 15) is 31.1 Å². The molecule has 1 aliphatic rings. The van der Waals surface area contributed by atoms with Crippen LogP contribution in [0.25, 0.3) is 0 Å². The van der Waals surface area contributed by atoms with E-state index in [-0.39, 0.29) is 22.9 Å². The molecule has 33 heavy (non-hydrogen) atoms. The lowest BCUT2D eigenvalue weighted by Crippen LogP contribution is -2.42. The Morgan fingerprint density at radius 2 is 1.85 bits per heavy atom. The largest absolute Gasteiger partial charge is 0.468 e. The summed E-state index contributed by atoms with van der Waals surface area (Å²) in [4.78, 5) is 20.5. The number of hydrogen-bond acceptors (Lipinski definition) is 4. The monoisotopic (exact) mass is 473 g/mol. The van der Waals surface area contributed by atoms with Crippen molar-refractivity contribution in [1.82, 2.24) is 0 Å². The van der Waals surface area contributed by atoms with Crippen LogP contribution >= 0.6 is 0 Å². The van der Waals surface area contributed by atoms with Crippen molar-refractivity contribution < 1.29 is 40.7 Å². The van der Waals surface area contributed by atoms with Crippen LogP contribution in [0.3, 0.4) is 0 Å². The number of aryl methyl sites for hydroxylation is 1. The average molecular weight is 473 g/mol. The summed E-state index contributed by atoms with van der Waals surface area (Å²) in [5.41, 5.74) is 0.823. The van der Waals surface area contributed by atoms with E-state index in [4.69, 9.17) is 10.6 Å². The molecule has 0 bridgehead atoms. The highest BCUT2D eigenvalue weighted by atomic mass is 19.4. The van der Waals surface area contributed by atoms with Gasteiger partial charge in [-0.25, -0.2) is 0 Å². The maximum atomic E-state index is 14.1. The first-order chi connectivity index (χ1) is 15.3. The second kappa shape index (κ2) is 8.41. The van der Waals surface area contributed by atoms with Crippen molar-refractivity contribution in [2.75, 3.05) is 7.11 Å². The summed E-state index contributed by atoms with van der Waals surface area (Å²) in [5.74, 6) is -0.725. The molecule has 0 spiro atoms. The molecule has 1 heterocycles. The lowest BCUT2D eigenvalue weighted by Gasteiger charge is -2.30. The Morgan fingerprint density at radius 3 is 2.42 bits per heavy atom. The number of carbonyl (C=O) groups is 1. The Morgan fingerprint density at radius 1 is 1.15 bits per heavy atom. The number of hydrogen-bond donors (Lipinski definition) is 1. The minimum absolute atomic E-state index is 0.123. The van der Waals surface area contributed by atoms with Crippen molar-refractivity contribution in [2.24, 2.45) is 15.9 Å². The molecule has 1 unspecified atom stereocenters. The molecular weight excluding hydrogens is 456 g/mol. The number of amidine groups is 1. The van der Waals surface area contributed by atoms with Gasteiger partial charge in [-0.3, -0.25) is 4.79 Å². The molecule has 2 N–H and O–H groups in total. The van der Waals surface area contributed by atoms with Gasteiger partial charge in [0.2, 0.25) is 0 Å². The third kappa shape index (κ3) is 4.64. The molecule has 0 radical (unpaired) electrons. The van der Waals surface area contributed by atoms with Gasteiger partial charge in [0.15, 0.2) is 0 Å². The molecule has 176 valence electrons. The summed E-state index contributed by atoms with van der Waals surface area (Å²) in [6.07, 6.45) is -10.8. The lowest BCUT2D eigenvalue weighted by atomic mass is 9.85. The standard InChI is InChI=1S/C21H17F6N3O3/c1-11-8-12(6-7-15(11)17(31)29-18(28)32-2)16-10-19(33-30-16,21(25,26)27)13-4-3-5-14(9-13)20(22,23)24/h3-9H,10H2,1-2H3,(H2,28,29,31).